The highest BCUT2D eigenvalue weighted by Gasteiger charge is 2.07. The number of aromatic hydroxyl groups is 1. The predicted octanol–water partition coefficient (Wildman–Crippen LogP) is 3.66. The Kier molecular flexibility index (Phi) is 5.47. The van der Waals surface area contributed by atoms with E-state index < -0.39 is 0 Å². The van der Waals surface area contributed by atoms with Gasteiger partial charge < -0.3 is 10.4 Å². The van der Waals surface area contributed by atoms with Gasteiger partial charge in [0.1, 0.15) is 5.75 Å². The number of phenols is 1. The minimum Gasteiger partial charge on any atom is -0.507 e. The van der Waals surface area contributed by atoms with E-state index >= 15 is 0 Å². The van der Waals surface area contributed by atoms with Crippen LogP contribution in [-0.2, 0) is 4.79 Å². The molecule has 0 heterocycles. The fraction of sp³-hybridized carbons (Fsp3) is 0.0952. The first kappa shape index (κ1) is 18.1. The number of nitrogens with zero attached hydrogens (tertiary/aromatic N) is 1. The average molecular weight is 361 g/mol. The molecule has 136 valence electrons. The van der Waals surface area contributed by atoms with E-state index in [1.54, 1.807) is 37.3 Å². The molecule has 0 unspecified atom stereocenters. The summed E-state index contributed by atoms with van der Waals surface area (Å²) in [6, 6.07) is 17.5. The Morgan fingerprint density at radius 1 is 1.04 bits per heavy atom. The fourth-order valence-corrected chi connectivity index (χ4v) is 2.59. The number of phenolic OH excluding ortho intramolecular Hbond substituents is 1. The zero-order valence-electron chi connectivity index (χ0n) is 14.8. The Labute approximate surface area is 156 Å². The number of fused-ring (bicyclic) bond motifs is 1. The van der Waals surface area contributed by atoms with E-state index in [1.807, 2.05) is 30.3 Å². The molecule has 27 heavy (non-hydrogen) atoms. The third-order valence-electron chi connectivity index (χ3n) is 4.06. The van der Waals surface area contributed by atoms with Crippen molar-refractivity contribution in [2.75, 3.05) is 5.32 Å². The molecule has 3 rings (SSSR count). The van der Waals surface area contributed by atoms with Crippen molar-refractivity contribution in [1.29, 1.82) is 0 Å². The maximum absolute atomic E-state index is 12.2. The molecular weight excluding hydrogens is 342 g/mol. The number of amides is 2. The Morgan fingerprint density at radius 3 is 2.52 bits per heavy atom. The van der Waals surface area contributed by atoms with E-state index in [0.29, 0.717) is 23.2 Å². The van der Waals surface area contributed by atoms with Gasteiger partial charge in [0.25, 0.3) is 5.91 Å². The smallest absolute Gasteiger partial charge is 0.271 e. The van der Waals surface area contributed by atoms with Gasteiger partial charge in [-0.1, -0.05) is 37.3 Å². The van der Waals surface area contributed by atoms with Crippen LogP contribution in [0.2, 0.25) is 0 Å². The molecular formula is C21H19N3O3. The molecule has 0 bridgehead atoms. The van der Waals surface area contributed by atoms with Crippen LogP contribution in [0, 0.1) is 0 Å². The number of carbonyl (C=O) groups excluding carboxylic acids is 2. The van der Waals surface area contributed by atoms with Crippen LogP contribution in [0.25, 0.3) is 10.8 Å². The second kappa shape index (κ2) is 8.14. The van der Waals surface area contributed by atoms with Crippen molar-refractivity contribution in [3.63, 3.8) is 0 Å². The van der Waals surface area contributed by atoms with Crippen LogP contribution in [0.15, 0.2) is 65.8 Å². The Balaban J connectivity index is 1.71. The van der Waals surface area contributed by atoms with Crippen molar-refractivity contribution >= 4 is 34.5 Å². The van der Waals surface area contributed by atoms with Gasteiger partial charge in [-0.2, -0.15) is 5.10 Å². The largest absolute Gasteiger partial charge is 0.507 e. The number of hydrogen-bond acceptors (Lipinski definition) is 4. The van der Waals surface area contributed by atoms with E-state index in [-0.39, 0.29) is 17.6 Å². The van der Waals surface area contributed by atoms with Crippen molar-refractivity contribution in [3.05, 3.63) is 71.8 Å². The van der Waals surface area contributed by atoms with Gasteiger partial charge in [-0.15, -0.1) is 0 Å². The van der Waals surface area contributed by atoms with Gasteiger partial charge in [0.15, 0.2) is 0 Å². The van der Waals surface area contributed by atoms with Crippen molar-refractivity contribution in [2.24, 2.45) is 5.10 Å². The van der Waals surface area contributed by atoms with E-state index in [1.165, 1.54) is 6.21 Å². The molecule has 6 heteroatoms. The van der Waals surface area contributed by atoms with Gasteiger partial charge in [0.05, 0.1) is 6.21 Å². The van der Waals surface area contributed by atoms with Gasteiger partial charge in [0, 0.05) is 23.2 Å². The van der Waals surface area contributed by atoms with Crippen LogP contribution >= 0.6 is 0 Å². The van der Waals surface area contributed by atoms with Crippen molar-refractivity contribution in [3.8, 4) is 5.75 Å². The molecule has 3 aromatic carbocycles. The van der Waals surface area contributed by atoms with Crippen LogP contribution in [0.5, 0.6) is 5.75 Å². The minimum absolute atomic E-state index is 0.0858. The van der Waals surface area contributed by atoms with Crippen molar-refractivity contribution < 1.29 is 14.7 Å². The summed E-state index contributed by atoms with van der Waals surface area (Å²) in [6.45, 7) is 1.77. The normalized spacial score (nSPS) is 10.9. The third-order valence-corrected chi connectivity index (χ3v) is 4.06. The zero-order valence-corrected chi connectivity index (χ0v) is 14.8. The molecule has 0 aliphatic carbocycles. The van der Waals surface area contributed by atoms with E-state index in [0.717, 1.165) is 10.8 Å². The number of hydrazone groups is 1. The standard InChI is InChI=1S/C21H19N3O3/c1-2-20(26)23-16-10-7-15(8-11-16)21(27)24-22-13-18-17-6-4-3-5-14(17)9-12-19(18)25/h3-13,25H,2H2,1H3,(H,23,26)(H,24,27)/b22-13+. The molecule has 0 spiro atoms. The highest BCUT2D eigenvalue weighted by Crippen LogP contribution is 2.25. The molecule has 3 aromatic rings. The summed E-state index contributed by atoms with van der Waals surface area (Å²) >= 11 is 0. The first-order valence-corrected chi connectivity index (χ1v) is 8.52. The molecule has 3 N–H and O–H groups in total. The Morgan fingerprint density at radius 2 is 1.78 bits per heavy atom. The SMILES string of the molecule is CCC(=O)Nc1ccc(C(=O)N/N=C/c2c(O)ccc3ccccc23)cc1. The van der Waals surface area contributed by atoms with Gasteiger partial charge in [-0.05, 0) is 41.1 Å². The summed E-state index contributed by atoms with van der Waals surface area (Å²) in [5, 5.41) is 18.6. The fourth-order valence-electron chi connectivity index (χ4n) is 2.59. The van der Waals surface area contributed by atoms with Crippen LogP contribution in [0.3, 0.4) is 0 Å². The summed E-state index contributed by atoms with van der Waals surface area (Å²) in [6.07, 6.45) is 1.81. The number of rotatable bonds is 5. The second-order valence-corrected chi connectivity index (χ2v) is 5.90. The van der Waals surface area contributed by atoms with E-state index in [4.69, 9.17) is 0 Å². The molecule has 0 radical (unpaired) electrons. The van der Waals surface area contributed by atoms with Crippen molar-refractivity contribution in [2.45, 2.75) is 13.3 Å². The van der Waals surface area contributed by atoms with Gasteiger partial charge in [0.2, 0.25) is 5.91 Å². The first-order valence-electron chi connectivity index (χ1n) is 8.52. The maximum atomic E-state index is 12.2. The molecule has 0 aromatic heterocycles. The second-order valence-electron chi connectivity index (χ2n) is 5.90. The molecule has 2 amide bonds. The van der Waals surface area contributed by atoms with Gasteiger partial charge in [-0.25, -0.2) is 5.43 Å². The summed E-state index contributed by atoms with van der Waals surface area (Å²) in [5.41, 5.74) is 4.01. The monoisotopic (exact) mass is 361 g/mol. The highest BCUT2D eigenvalue weighted by atomic mass is 16.3. The number of hydrogen-bond donors (Lipinski definition) is 3. The lowest BCUT2D eigenvalue weighted by atomic mass is 10.0. The predicted molar refractivity (Wildman–Crippen MR) is 106 cm³/mol. The Bertz CT molecular complexity index is 1010. The zero-order chi connectivity index (χ0) is 19.2. The van der Waals surface area contributed by atoms with Crippen LogP contribution in [-0.4, -0.2) is 23.1 Å². The maximum Gasteiger partial charge on any atom is 0.271 e. The number of anilines is 1. The molecule has 6 nitrogen and oxygen atoms in total. The van der Waals surface area contributed by atoms with Gasteiger partial charge in [-0.3, -0.25) is 9.59 Å². The lowest BCUT2D eigenvalue weighted by molar-refractivity contribution is -0.115. The lowest BCUT2D eigenvalue weighted by Gasteiger charge is -2.06. The van der Waals surface area contributed by atoms with Gasteiger partial charge >= 0.3 is 0 Å². The molecule has 0 fully saturated rings. The third kappa shape index (κ3) is 4.30. The molecule has 0 saturated carbocycles. The molecule has 0 saturated heterocycles. The van der Waals surface area contributed by atoms with Crippen LogP contribution in [0.1, 0.15) is 29.3 Å². The average Bonchev–Trinajstić information content (AvgIpc) is 2.70. The quantitative estimate of drug-likeness (QED) is 0.478. The minimum atomic E-state index is -0.389. The van der Waals surface area contributed by atoms with E-state index in [9.17, 15) is 14.7 Å². The summed E-state index contributed by atoms with van der Waals surface area (Å²) in [7, 11) is 0. The number of nitrogens with one attached hydrogen (secondary N) is 2. The summed E-state index contributed by atoms with van der Waals surface area (Å²) in [4.78, 5) is 23.6. The van der Waals surface area contributed by atoms with Crippen molar-refractivity contribution in [1.82, 2.24) is 5.43 Å². The van der Waals surface area contributed by atoms with E-state index in [2.05, 4.69) is 15.8 Å². The number of carbonyl (C=O) groups is 2. The molecule has 0 aliphatic heterocycles. The highest BCUT2D eigenvalue weighted by molar-refractivity contribution is 6.03. The molecule has 0 atom stereocenters. The molecule has 0 aliphatic rings. The van der Waals surface area contributed by atoms with Crippen LogP contribution < -0.4 is 10.7 Å². The Hall–Kier alpha value is -3.67. The summed E-state index contributed by atoms with van der Waals surface area (Å²) in [5.74, 6) is -0.395. The summed E-state index contributed by atoms with van der Waals surface area (Å²) < 4.78 is 0. The first-order chi connectivity index (χ1) is 13.1. The number of benzene rings is 3. The topological polar surface area (TPSA) is 90.8 Å². The van der Waals surface area contributed by atoms with Crippen LogP contribution in [0.4, 0.5) is 5.69 Å². The lowest BCUT2D eigenvalue weighted by Crippen LogP contribution is -2.17.